The molecule has 0 aliphatic carbocycles. The maximum Gasteiger partial charge on any atom is 0.0790 e. The van der Waals surface area contributed by atoms with Gasteiger partial charge in [0.15, 0.2) is 0 Å². The first kappa shape index (κ1) is 62.9. The van der Waals surface area contributed by atoms with E-state index in [-0.39, 0.29) is 0 Å². The van der Waals surface area contributed by atoms with E-state index in [1.807, 2.05) is 157 Å². The fraction of sp³-hybridized carbons (Fsp3) is 0.105. The summed E-state index contributed by atoms with van der Waals surface area (Å²) >= 11 is 0. The zero-order chi connectivity index (χ0) is 62.3. The molecular formula is C86H79N3. The number of hydrogen-bond donors (Lipinski definition) is 0. The third-order valence-corrected chi connectivity index (χ3v) is 15.5. The van der Waals surface area contributed by atoms with Crippen LogP contribution in [0.25, 0.3) is 119 Å². The monoisotopic (exact) mass is 1150 g/mol. The van der Waals surface area contributed by atoms with Gasteiger partial charge in [-0.2, -0.15) is 0 Å². The van der Waals surface area contributed by atoms with Crippen molar-refractivity contribution in [2.45, 2.75) is 62.3 Å². The minimum absolute atomic E-state index is 1.07. The molecule has 0 bridgehead atoms. The van der Waals surface area contributed by atoms with Crippen LogP contribution >= 0.6 is 0 Å². The molecule has 0 aliphatic rings. The van der Waals surface area contributed by atoms with Crippen LogP contribution in [0.15, 0.2) is 315 Å². The molecule has 3 heterocycles. The third-order valence-electron chi connectivity index (χ3n) is 15.5. The first-order valence-corrected chi connectivity index (χ1v) is 31.4. The number of rotatable bonds is 0. The molecule has 0 spiro atoms. The van der Waals surface area contributed by atoms with Crippen LogP contribution in [0.2, 0.25) is 0 Å². The molecule has 0 N–H and O–H groups in total. The first-order chi connectivity index (χ1) is 44.0. The largest absolute Gasteiger partial charge is 0.248 e. The van der Waals surface area contributed by atoms with E-state index < -0.39 is 0 Å². The molecule has 438 valence electrons. The normalized spacial score (nSPS) is 10.3. The molecule has 0 atom stereocenters. The van der Waals surface area contributed by atoms with Crippen molar-refractivity contribution in [3.8, 4) is 0 Å². The van der Waals surface area contributed by atoms with Gasteiger partial charge in [-0.15, -0.1) is 0 Å². The summed E-state index contributed by atoms with van der Waals surface area (Å²) in [6.07, 6.45) is 0. The molecule has 14 aromatic carbocycles. The molecule has 0 amide bonds. The Labute approximate surface area is 525 Å². The van der Waals surface area contributed by atoms with Gasteiger partial charge < -0.3 is 0 Å². The summed E-state index contributed by atoms with van der Waals surface area (Å²) in [5, 5.41) is 20.3. The molecule has 0 aliphatic heterocycles. The quantitative estimate of drug-likeness (QED) is 0.112. The van der Waals surface area contributed by atoms with Crippen LogP contribution in [0, 0.1) is 20.8 Å². The zero-order valence-electron chi connectivity index (χ0n) is 52.9. The van der Waals surface area contributed by atoms with Crippen molar-refractivity contribution in [2.75, 3.05) is 0 Å². The smallest absolute Gasteiger partial charge is 0.0790 e. The molecular weight excluding hydrogens is 1070 g/mol. The maximum atomic E-state index is 5.02. The second kappa shape index (κ2) is 31.7. The molecule has 0 fully saturated rings. The second-order valence-electron chi connectivity index (χ2n) is 20.6. The number of nitrogens with zero attached hydrogens (tertiary/aromatic N) is 3. The molecule has 17 rings (SSSR count). The Morgan fingerprint density at radius 2 is 0.404 bits per heavy atom. The van der Waals surface area contributed by atoms with Crippen molar-refractivity contribution in [3.63, 3.8) is 0 Å². The standard InChI is InChI=1S/2C22H15N.C18H13N.3C6H6.3C2H6/c1-14-17-12-10-16-7-3-5-9-19(16)22(17)23-20-13-11-15-6-2-4-8-18(15)21(14)20;1-14-21-17-8-4-2-6-15(17)10-12-19(21)23-20-13-11-16-7-3-5-9-18(16)22(14)20;1-12-14-7-4-5-9-16(14)19-17-11-10-13-6-2-3-8-15(13)18(12)17;3*1-2-4-6-5-3-1;3*1-2/h2*2-13H,1H3;2-11H,1H3;3*1-6H;3*1-2H3. The molecule has 0 saturated heterocycles. The molecule has 0 saturated carbocycles. The van der Waals surface area contributed by atoms with Crippen LogP contribution in [-0.4, -0.2) is 15.0 Å². The van der Waals surface area contributed by atoms with Gasteiger partial charge in [0.1, 0.15) is 0 Å². The highest BCUT2D eigenvalue weighted by molar-refractivity contribution is 6.19. The Balaban J connectivity index is 0.000000134. The molecule has 3 heteroatoms. The van der Waals surface area contributed by atoms with Gasteiger partial charge in [0.05, 0.1) is 33.1 Å². The van der Waals surface area contributed by atoms with Gasteiger partial charge in [-0.05, 0) is 116 Å². The summed E-state index contributed by atoms with van der Waals surface area (Å²) in [4.78, 5) is 14.7. The van der Waals surface area contributed by atoms with Gasteiger partial charge in [0.25, 0.3) is 0 Å². The Morgan fingerprint density at radius 1 is 0.169 bits per heavy atom. The summed E-state index contributed by atoms with van der Waals surface area (Å²) in [5.74, 6) is 0. The lowest BCUT2D eigenvalue weighted by Crippen LogP contribution is -1.90. The Bertz CT molecular complexity index is 4810. The molecule has 0 unspecified atom stereocenters. The number of benzene rings is 14. The van der Waals surface area contributed by atoms with Crippen molar-refractivity contribution >= 4 is 119 Å². The lowest BCUT2D eigenvalue weighted by atomic mass is 9.95. The van der Waals surface area contributed by atoms with Crippen LogP contribution < -0.4 is 0 Å². The number of fused-ring (bicyclic) bond motifs is 16. The number of hydrogen-bond acceptors (Lipinski definition) is 3. The Morgan fingerprint density at radius 3 is 0.753 bits per heavy atom. The van der Waals surface area contributed by atoms with Crippen molar-refractivity contribution < 1.29 is 0 Å². The zero-order valence-corrected chi connectivity index (χ0v) is 52.9. The average Bonchev–Trinajstić information content (AvgIpc) is 1.18. The van der Waals surface area contributed by atoms with E-state index in [1.54, 1.807) is 0 Å². The second-order valence-corrected chi connectivity index (χ2v) is 20.6. The van der Waals surface area contributed by atoms with Crippen molar-refractivity contribution in [2.24, 2.45) is 0 Å². The summed E-state index contributed by atoms with van der Waals surface area (Å²) in [6, 6.07) is 109. The van der Waals surface area contributed by atoms with Gasteiger partial charge >= 0.3 is 0 Å². The lowest BCUT2D eigenvalue weighted by Gasteiger charge is -2.12. The molecule has 0 radical (unpaired) electrons. The van der Waals surface area contributed by atoms with Crippen LogP contribution in [0.3, 0.4) is 0 Å². The number of para-hydroxylation sites is 1. The third kappa shape index (κ3) is 14.5. The number of aromatic nitrogens is 3. The van der Waals surface area contributed by atoms with E-state index in [0.29, 0.717) is 0 Å². The van der Waals surface area contributed by atoms with Gasteiger partial charge in [-0.1, -0.05) is 327 Å². The van der Waals surface area contributed by atoms with Gasteiger partial charge in [-0.25, -0.2) is 15.0 Å². The predicted octanol–water partition coefficient (Wildman–Crippen LogP) is 25.0. The van der Waals surface area contributed by atoms with Crippen LogP contribution in [-0.2, 0) is 0 Å². The highest BCUT2D eigenvalue weighted by atomic mass is 14.7. The van der Waals surface area contributed by atoms with Crippen molar-refractivity contribution in [3.05, 3.63) is 332 Å². The first-order valence-electron chi connectivity index (χ1n) is 31.4. The van der Waals surface area contributed by atoms with Crippen LogP contribution in [0.1, 0.15) is 58.2 Å². The molecule has 89 heavy (non-hydrogen) atoms. The SMILES string of the molecule is CC.CC.CC.Cc1c2c(ccc3ccccc32)nc2ccc3ccccc3c12.Cc1c2ccc3ccccc3c2nc2ccc3ccccc3c12.Cc1c2ccccc2nc2ccc3ccccc3c12.c1ccccc1.c1ccccc1.c1ccccc1. The highest BCUT2D eigenvalue weighted by Gasteiger charge is 2.14. The fourth-order valence-corrected chi connectivity index (χ4v) is 11.5. The van der Waals surface area contributed by atoms with E-state index in [1.165, 1.54) is 103 Å². The topological polar surface area (TPSA) is 38.7 Å². The summed E-state index contributed by atoms with van der Waals surface area (Å²) in [5.41, 5.74) is 10.4. The fourth-order valence-electron chi connectivity index (χ4n) is 11.5. The van der Waals surface area contributed by atoms with Gasteiger partial charge in [0.2, 0.25) is 0 Å². The van der Waals surface area contributed by atoms with Gasteiger partial charge in [-0.3, -0.25) is 0 Å². The van der Waals surface area contributed by atoms with Crippen molar-refractivity contribution in [1.82, 2.24) is 15.0 Å². The van der Waals surface area contributed by atoms with E-state index in [4.69, 9.17) is 15.0 Å². The average molecular weight is 1150 g/mol. The van der Waals surface area contributed by atoms with E-state index in [2.05, 4.69) is 221 Å². The van der Waals surface area contributed by atoms with Crippen molar-refractivity contribution in [1.29, 1.82) is 0 Å². The van der Waals surface area contributed by atoms with E-state index >= 15 is 0 Å². The Hall–Kier alpha value is -10.6. The number of pyridine rings is 3. The minimum atomic E-state index is 1.07. The molecule has 3 nitrogen and oxygen atoms in total. The molecule has 17 aromatic rings. The van der Waals surface area contributed by atoms with Crippen LogP contribution in [0.4, 0.5) is 0 Å². The van der Waals surface area contributed by atoms with E-state index in [0.717, 1.165) is 33.1 Å². The summed E-state index contributed by atoms with van der Waals surface area (Å²) < 4.78 is 0. The highest BCUT2D eigenvalue weighted by Crippen LogP contribution is 2.37. The summed E-state index contributed by atoms with van der Waals surface area (Å²) in [7, 11) is 0. The van der Waals surface area contributed by atoms with Gasteiger partial charge in [0, 0.05) is 37.7 Å². The summed E-state index contributed by atoms with van der Waals surface area (Å²) in [6.45, 7) is 18.6. The van der Waals surface area contributed by atoms with E-state index in [9.17, 15) is 0 Å². The molecule has 3 aromatic heterocycles. The van der Waals surface area contributed by atoms with Crippen LogP contribution in [0.5, 0.6) is 0 Å². The predicted molar refractivity (Wildman–Crippen MR) is 393 cm³/mol. The lowest BCUT2D eigenvalue weighted by molar-refractivity contribution is 1.46. The Kier molecular flexibility index (Phi) is 22.4. The minimum Gasteiger partial charge on any atom is -0.248 e. The maximum absolute atomic E-state index is 5.02. The number of aryl methyl sites for hydroxylation is 3.